The van der Waals surface area contributed by atoms with E-state index in [0.29, 0.717) is 52.9 Å². The molecule has 0 unspecified atom stereocenters. The van der Waals surface area contributed by atoms with Crippen molar-refractivity contribution in [2.24, 2.45) is 0 Å². The predicted octanol–water partition coefficient (Wildman–Crippen LogP) is -2.47. The molecule has 0 N–H and O–H groups in total. The normalized spacial score (nSPS) is 8.64. The fourth-order valence-corrected chi connectivity index (χ4v) is 0.813. The van der Waals surface area contributed by atoms with Gasteiger partial charge in [-0.1, -0.05) is 0 Å². The molecule has 0 radical (unpaired) electrons. The summed E-state index contributed by atoms with van der Waals surface area (Å²) < 4.78 is 18.7. The fourth-order valence-electron chi connectivity index (χ4n) is 0.813. The molecule has 0 spiro atoms. The van der Waals surface area contributed by atoms with Gasteiger partial charge < -0.3 is 39.4 Å². The maximum absolute atomic E-state index is 9.56. The summed E-state index contributed by atoms with van der Waals surface area (Å²) in [7, 11) is 0. The van der Waals surface area contributed by atoms with Crippen molar-refractivity contribution < 1.29 is 65.2 Å². The summed E-state index contributed by atoms with van der Waals surface area (Å²) in [6.07, 6.45) is 0. The van der Waals surface area contributed by atoms with Crippen LogP contribution in [0.3, 0.4) is 0 Å². The van der Waals surface area contributed by atoms with Gasteiger partial charge in [0.15, 0.2) is 0 Å². The Kier molecular flexibility index (Phi) is 72.5. The first-order valence-corrected chi connectivity index (χ1v) is 8.29. The van der Waals surface area contributed by atoms with Crippen molar-refractivity contribution in [1.29, 1.82) is 0 Å². The Hall–Kier alpha value is 0.550. The molecule has 0 aromatic rings. The maximum atomic E-state index is 9.56. The van der Waals surface area contributed by atoms with Crippen molar-refractivity contribution in [1.82, 2.24) is 0 Å². The van der Waals surface area contributed by atoms with Gasteiger partial charge in [-0.3, -0.25) is 0 Å². The van der Waals surface area contributed by atoms with Gasteiger partial charge in [0.05, 0.1) is 0 Å². The van der Waals surface area contributed by atoms with E-state index >= 15 is 0 Å². The fraction of sp³-hybridized carbons (Fsp3) is 1.00. The van der Waals surface area contributed by atoms with E-state index in [0.717, 1.165) is 0 Å². The largest absolute Gasteiger partial charge is 4.00 e. The van der Waals surface area contributed by atoms with Gasteiger partial charge >= 0.3 is 25.8 Å². The second-order valence-electron chi connectivity index (χ2n) is 3.60. The van der Waals surface area contributed by atoms with Crippen LogP contribution >= 0.6 is 0 Å². The van der Waals surface area contributed by atoms with Crippen LogP contribution < -0.4 is 20.4 Å². The molecular formula is C16H36HfO8. The van der Waals surface area contributed by atoms with Crippen molar-refractivity contribution in [2.75, 3.05) is 79.3 Å². The Morgan fingerprint density at radius 1 is 0.440 bits per heavy atom. The van der Waals surface area contributed by atoms with Crippen LogP contribution in [0.5, 0.6) is 0 Å². The third kappa shape index (κ3) is 79.3. The van der Waals surface area contributed by atoms with Gasteiger partial charge in [0, 0.05) is 52.9 Å². The van der Waals surface area contributed by atoms with Crippen molar-refractivity contribution in [3.8, 4) is 0 Å². The minimum Gasteiger partial charge on any atom is -0.853 e. The molecular weight excluding hydrogens is 499 g/mol. The molecule has 0 heterocycles. The Labute approximate surface area is 172 Å². The zero-order valence-corrected chi connectivity index (χ0v) is 19.8. The topological polar surface area (TPSA) is 129 Å². The first-order valence-electron chi connectivity index (χ1n) is 8.29. The molecule has 0 saturated heterocycles. The van der Waals surface area contributed by atoms with E-state index in [1.54, 1.807) is 0 Å². The van der Waals surface area contributed by atoms with Gasteiger partial charge in [0.25, 0.3) is 0 Å². The summed E-state index contributed by atoms with van der Waals surface area (Å²) >= 11 is 0. The summed E-state index contributed by atoms with van der Waals surface area (Å²) in [5.41, 5.74) is 0. The quantitative estimate of drug-likeness (QED) is 0.199. The van der Waals surface area contributed by atoms with Crippen LogP contribution in [-0.2, 0) is 44.8 Å². The third-order valence-corrected chi connectivity index (χ3v) is 1.73. The van der Waals surface area contributed by atoms with Gasteiger partial charge in [-0.2, -0.15) is 0 Å². The van der Waals surface area contributed by atoms with Crippen LogP contribution in [0, 0.1) is 0 Å². The molecule has 9 heteroatoms. The summed E-state index contributed by atoms with van der Waals surface area (Å²) in [5, 5.41) is 38.3. The predicted molar refractivity (Wildman–Crippen MR) is 85.4 cm³/mol. The maximum Gasteiger partial charge on any atom is 4.00 e. The van der Waals surface area contributed by atoms with Crippen molar-refractivity contribution >= 4 is 0 Å². The Bertz CT molecular complexity index is 108. The van der Waals surface area contributed by atoms with E-state index in [-0.39, 0.29) is 52.3 Å². The van der Waals surface area contributed by atoms with Gasteiger partial charge in [-0.05, 0) is 27.7 Å². The monoisotopic (exact) mass is 536 g/mol. The number of ether oxygens (including phenoxy) is 4. The van der Waals surface area contributed by atoms with Gasteiger partial charge in [0.1, 0.15) is 0 Å². The minimum absolute atomic E-state index is 0. The molecule has 25 heavy (non-hydrogen) atoms. The molecule has 0 aromatic heterocycles. The van der Waals surface area contributed by atoms with E-state index in [4.69, 9.17) is 0 Å². The van der Waals surface area contributed by atoms with Crippen LogP contribution in [0.25, 0.3) is 0 Å². The van der Waals surface area contributed by atoms with Crippen LogP contribution in [0.1, 0.15) is 27.7 Å². The molecule has 0 rings (SSSR count). The molecule has 0 bridgehead atoms. The SMILES string of the molecule is CCOCC[O-].CCOCC[O-].CCOCC[O-].CCOCC[O-].[Hf+4]. The van der Waals surface area contributed by atoms with Crippen LogP contribution in [0.2, 0.25) is 0 Å². The van der Waals surface area contributed by atoms with E-state index in [1.807, 2.05) is 27.7 Å². The van der Waals surface area contributed by atoms with E-state index in [9.17, 15) is 20.4 Å². The molecule has 0 saturated carbocycles. The second-order valence-corrected chi connectivity index (χ2v) is 3.60. The average Bonchev–Trinajstić information content (AvgIpc) is 2.62. The second kappa shape index (κ2) is 49.7. The van der Waals surface area contributed by atoms with Gasteiger partial charge in [-0.25, -0.2) is 0 Å². The molecule has 8 nitrogen and oxygen atoms in total. The summed E-state index contributed by atoms with van der Waals surface area (Å²) in [6.45, 7) is 11.1. The molecule has 0 amide bonds. The Morgan fingerprint density at radius 3 is 0.640 bits per heavy atom. The average molecular weight is 535 g/mol. The Morgan fingerprint density at radius 2 is 0.600 bits per heavy atom. The van der Waals surface area contributed by atoms with E-state index < -0.39 is 0 Å². The van der Waals surface area contributed by atoms with Crippen molar-refractivity contribution in [3.05, 3.63) is 0 Å². The number of hydrogen-bond acceptors (Lipinski definition) is 8. The van der Waals surface area contributed by atoms with Crippen LogP contribution in [-0.4, -0.2) is 79.3 Å². The minimum atomic E-state index is -0.117. The molecule has 0 aliphatic heterocycles. The van der Waals surface area contributed by atoms with E-state index in [2.05, 4.69) is 18.9 Å². The van der Waals surface area contributed by atoms with Crippen molar-refractivity contribution in [3.63, 3.8) is 0 Å². The van der Waals surface area contributed by atoms with Gasteiger partial charge in [-0.15, -0.1) is 26.4 Å². The molecule has 0 aliphatic rings. The summed E-state index contributed by atoms with van der Waals surface area (Å²) in [5.74, 6) is 0. The van der Waals surface area contributed by atoms with Crippen LogP contribution in [0.4, 0.5) is 0 Å². The molecule has 0 atom stereocenters. The van der Waals surface area contributed by atoms with Crippen LogP contribution in [0.15, 0.2) is 0 Å². The molecule has 0 aromatic carbocycles. The molecule has 0 fully saturated rings. The zero-order valence-electron chi connectivity index (χ0n) is 16.3. The number of rotatable bonds is 12. The standard InChI is InChI=1S/4C4H9O2.Hf/c4*1-2-6-4-3-5;/h4*2-4H2,1H3;/q4*-1;+4. The molecule has 152 valence electrons. The number of hydrogen-bond donors (Lipinski definition) is 0. The van der Waals surface area contributed by atoms with Crippen molar-refractivity contribution in [2.45, 2.75) is 27.7 Å². The third-order valence-electron chi connectivity index (χ3n) is 1.73. The smallest absolute Gasteiger partial charge is 0.853 e. The van der Waals surface area contributed by atoms with Gasteiger partial charge in [0.2, 0.25) is 0 Å². The Balaban J connectivity index is -0.0000000702. The first kappa shape index (κ1) is 36.5. The first-order chi connectivity index (χ1) is 11.7. The summed E-state index contributed by atoms with van der Waals surface area (Å²) in [6, 6.07) is 0. The zero-order chi connectivity index (χ0) is 19.3. The molecule has 0 aliphatic carbocycles. The van der Waals surface area contributed by atoms with E-state index in [1.165, 1.54) is 0 Å². The summed E-state index contributed by atoms with van der Waals surface area (Å²) in [4.78, 5) is 0.